The Balaban J connectivity index is 1.92. The van der Waals surface area contributed by atoms with Crippen molar-refractivity contribution in [2.45, 2.75) is 115 Å². The average molecular weight is 956 g/mol. The van der Waals surface area contributed by atoms with Gasteiger partial charge in [0.25, 0.3) is 0 Å². The van der Waals surface area contributed by atoms with Gasteiger partial charge in [-0.15, -0.1) is 0 Å². The quantitative estimate of drug-likeness (QED) is 0.0347. The first-order valence-electron chi connectivity index (χ1n) is 21.3. The Hall–Kier alpha value is -7.02. The molecular formula is C42H61N13O11S. The summed E-state index contributed by atoms with van der Waals surface area (Å²) in [6.07, 6.45) is 4.49. The first-order chi connectivity index (χ1) is 31.6. The standard InChI is InChI=1S/C42H61N13O11S/c1-6-20(2)34(44)42(66)55-31(16-33(57)58)41(65)52-28(13-23-17-47-26-10-8-7-9-25(23)26)39(63)54-30(15-32(43)56)40(64)51-27(11-12-67-5)37(61)53-29(14-24-18-46-19-48-24)38(62)50-22(4)36(60)49-21(3)35(45)59/h7-10,17-22,27-31,34,47H,6,11-16,44H2,1-5H3,(H2,43,56)(H2,45,59)(H,46,48)(H,49,60)(H,50,62)(H,51,64)(H,52,65)(H,53,61)(H,54,63)(H,55,66)(H,57,58)/t20-,21-,22-,27-,28-,29-,30-,31-,34-/m0/s1. The molecule has 0 radical (unpaired) electrons. The van der Waals surface area contributed by atoms with E-state index in [1.54, 1.807) is 50.6 Å². The monoisotopic (exact) mass is 955 g/mol. The van der Waals surface area contributed by atoms with Gasteiger partial charge >= 0.3 is 5.97 Å². The molecule has 3 rings (SSSR count). The van der Waals surface area contributed by atoms with Crippen LogP contribution in [0.15, 0.2) is 43.0 Å². The van der Waals surface area contributed by atoms with Crippen molar-refractivity contribution in [2.24, 2.45) is 23.1 Å². The zero-order valence-electron chi connectivity index (χ0n) is 37.8. The summed E-state index contributed by atoms with van der Waals surface area (Å²) in [5.74, 6) is -9.70. The third-order valence-corrected chi connectivity index (χ3v) is 11.4. The molecule has 0 aliphatic heterocycles. The Bertz CT molecular complexity index is 2240. The van der Waals surface area contributed by atoms with Crippen molar-refractivity contribution in [3.05, 3.63) is 54.2 Å². The summed E-state index contributed by atoms with van der Waals surface area (Å²) >= 11 is 1.32. The van der Waals surface area contributed by atoms with E-state index in [4.69, 9.17) is 17.2 Å². The Kier molecular flexibility index (Phi) is 21.2. The van der Waals surface area contributed by atoms with Crippen LogP contribution in [0.25, 0.3) is 10.9 Å². The van der Waals surface area contributed by atoms with Gasteiger partial charge in [0.15, 0.2) is 0 Å². The first kappa shape index (κ1) is 54.3. The first-order valence-corrected chi connectivity index (χ1v) is 22.7. The minimum absolute atomic E-state index is 0.0190. The lowest BCUT2D eigenvalue weighted by Gasteiger charge is -2.27. The smallest absolute Gasteiger partial charge is 0.305 e. The molecule has 0 fully saturated rings. The number of para-hydroxylation sites is 1. The molecule has 1 aromatic carbocycles. The number of primary amides is 2. The molecule has 25 heteroatoms. The van der Waals surface area contributed by atoms with Crippen LogP contribution in [0.1, 0.15) is 64.6 Å². The van der Waals surface area contributed by atoms with E-state index < -0.39 is 120 Å². The zero-order valence-corrected chi connectivity index (χ0v) is 38.6. The molecule has 0 aliphatic rings. The number of thioether (sulfide) groups is 1. The van der Waals surface area contributed by atoms with Crippen LogP contribution in [0, 0.1) is 5.92 Å². The van der Waals surface area contributed by atoms with Gasteiger partial charge in [0.1, 0.15) is 42.3 Å². The lowest BCUT2D eigenvalue weighted by Crippen LogP contribution is -2.61. The zero-order chi connectivity index (χ0) is 50.0. The molecular weight excluding hydrogens is 895 g/mol. The van der Waals surface area contributed by atoms with Gasteiger partial charge in [0, 0.05) is 41.8 Å². The Morgan fingerprint density at radius 1 is 0.687 bits per heavy atom. The number of imidazole rings is 1. The number of carboxylic acid groups (broad SMARTS) is 1. The Labute approximate surface area is 390 Å². The largest absolute Gasteiger partial charge is 0.481 e. The highest BCUT2D eigenvalue weighted by molar-refractivity contribution is 7.98. The molecule has 3 aromatic rings. The summed E-state index contributed by atoms with van der Waals surface area (Å²) in [5, 5.41) is 27.6. The molecule has 0 unspecified atom stereocenters. The Morgan fingerprint density at radius 3 is 1.81 bits per heavy atom. The Morgan fingerprint density at radius 2 is 1.22 bits per heavy atom. The third kappa shape index (κ3) is 17.0. The number of nitrogens with zero attached hydrogens (tertiary/aromatic N) is 1. The SMILES string of the molecule is CC[C@H](C)[C@H](N)C(=O)N[C@@H](CC(=O)O)C(=O)N[C@@H](Cc1c[nH]c2ccccc12)C(=O)N[C@@H](CC(N)=O)C(=O)N[C@@H](CCSC)C(=O)N[C@@H](Cc1cnc[nH]1)C(=O)N[C@@H](C)C(=O)N[C@@H](C)C(N)=O. The number of amides is 9. The van der Waals surface area contributed by atoms with Crippen LogP contribution in [-0.2, 0) is 60.8 Å². The number of nitrogens with one attached hydrogen (secondary N) is 9. The summed E-state index contributed by atoms with van der Waals surface area (Å²) < 4.78 is 0. The van der Waals surface area contributed by atoms with Gasteiger partial charge < -0.3 is 69.5 Å². The number of benzene rings is 1. The van der Waals surface area contributed by atoms with Crippen LogP contribution in [0.4, 0.5) is 0 Å². The molecule has 0 saturated heterocycles. The van der Waals surface area contributed by atoms with Crippen LogP contribution >= 0.6 is 11.8 Å². The van der Waals surface area contributed by atoms with E-state index in [2.05, 4.69) is 52.2 Å². The molecule has 2 aromatic heterocycles. The normalized spacial score (nSPS) is 15.1. The second-order valence-electron chi connectivity index (χ2n) is 16.0. The van der Waals surface area contributed by atoms with E-state index in [0.29, 0.717) is 34.3 Å². The highest BCUT2D eigenvalue weighted by Crippen LogP contribution is 2.20. The highest BCUT2D eigenvalue weighted by atomic mass is 32.2. The van der Waals surface area contributed by atoms with E-state index in [9.17, 15) is 53.1 Å². The van der Waals surface area contributed by atoms with Gasteiger partial charge in [-0.3, -0.25) is 47.9 Å². The maximum Gasteiger partial charge on any atom is 0.305 e. The maximum absolute atomic E-state index is 14.3. The predicted molar refractivity (Wildman–Crippen MR) is 245 cm³/mol. The maximum atomic E-state index is 14.3. The summed E-state index contributed by atoms with van der Waals surface area (Å²) in [6.45, 7) is 6.20. The van der Waals surface area contributed by atoms with Crippen LogP contribution in [0.2, 0.25) is 0 Å². The molecule has 366 valence electrons. The number of nitrogens with two attached hydrogens (primary N) is 3. The van der Waals surface area contributed by atoms with E-state index in [1.165, 1.54) is 38.1 Å². The van der Waals surface area contributed by atoms with Crippen molar-refractivity contribution in [1.29, 1.82) is 0 Å². The minimum atomic E-state index is -1.74. The van der Waals surface area contributed by atoms with Gasteiger partial charge in [-0.25, -0.2) is 4.98 Å². The topological polar surface area (TPSA) is 398 Å². The molecule has 0 spiro atoms. The van der Waals surface area contributed by atoms with Crippen molar-refractivity contribution in [3.8, 4) is 0 Å². The number of fused-ring (bicyclic) bond motifs is 1. The molecule has 9 atom stereocenters. The van der Waals surface area contributed by atoms with Gasteiger partial charge in [-0.2, -0.15) is 11.8 Å². The van der Waals surface area contributed by atoms with Gasteiger partial charge in [-0.05, 0) is 49.8 Å². The summed E-state index contributed by atoms with van der Waals surface area (Å²) in [6, 6.07) is -4.05. The van der Waals surface area contributed by atoms with Crippen LogP contribution in [-0.4, -0.2) is 140 Å². The van der Waals surface area contributed by atoms with Gasteiger partial charge in [0.05, 0.1) is 25.2 Å². The second-order valence-corrected chi connectivity index (χ2v) is 17.0. The molecule has 2 heterocycles. The number of aromatic amines is 2. The fraction of sp³-hybridized carbons (Fsp3) is 0.500. The van der Waals surface area contributed by atoms with Crippen molar-refractivity contribution in [2.75, 3.05) is 12.0 Å². The molecule has 9 amide bonds. The number of aromatic nitrogens is 3. The molecule has 0 aliphatic carbocycles. The number of H-pyrrole nitrogens is 2. The number of carbonyl (C=O) groups is 10. The number of carbonyl (C=O) groups excluding carboxylic acids is 9. The molecule has 24 nitrogen and oxygen atoms in total. The van der Waals surface area contributed by atoms with E-state index in [-0.39, 0.29) is 25.2 Å². The number of rotatable bonds is 28. The fourth-order valence-corrected chi connectivity index (χ4v) is 6.98. The van der Waals surface area contributed by atoms with Crippen LogP contribution in [0.5, 0.6) is 0 Å². The van der Waals surface area contributed by atoms with Gasteiger partial charge in [0.2, 0.25) is 53.2 Å². The minimum Gasteiger partial charge on any atom is -0.481 e. The molecule has 0 bridgehead atoms. The van der Waals surface area contributed by atoms with Gasteiger partial charge in [-0.1, -0.05) is 38.5 Å². The lowest BCUT2D eigenvalue weighted by molar-refractivity contribution is -0.141. The van der Waals surface area contributed by atoms with Crippen molar-refractivity contribution in [1.82, 2.24) is 52.2 Å². The number of hydrogen-bond acceptors (Lipinski definition) is 13. The number of carboxylic acids is 1. The average Bonchev–Trinajstić information content (AvgIpc) is 3.95. The summed E-state index contributed by atoms with van der Waals surface area (Å²) in [5.41, 5.74) is 18.4. The molecule has 0 saturated carbocycles. The third-order valence-electron chi connectivity index (χ3n) is 10.7. The van der Waals surface area contributed by atoms with Crippen molar-refractivity contribution >= 4 is 81.8 Å². The predicted octanol–water partition coefficient (Wildman–Crippen LogP) is -2.93. The number of hydrogen-bond donors (Lipinski definition) is 13. The van der Waals surface area contributed by atoms with Crippen LogP contribution in [0.3, 0.4) is 0 Å². The van der Waals surface area contributed by atoms with Crippen LogP contribution < -0.4 is 54.4 Å². The van der Waals surface area contributed by atoms with E-state index in [0.717, 1.165) is 0 Å². The fourth-order valence-electron chi connectivity index (χ4n) is 6.51. The molecule has 16 N–H and O–H groups in total. The summed E-state index contributed by atoms with van der Waals surface area (Å²) in [4.78, 5) is 141. The summed E-state index contributed by atoms with van der Waals surface area (Å²) in [7, 11) is 0. The van der Waals surface area contributed by atoms with E-state index in [1.807, 2.05) is 0 Å². The van der Waals surface area contributed by atoms with Crippen molar-refractivity contribution in [3.63, 3.8) is 0 Å². The second kappa shape index (κ2) is 26.2. The highest BCUT2D eigenvalue weighted by Gasteiger charge is 2.35. The number of aliphatic carboxylic acids is 1. The van der Waals surface area contributed by atoms with Crippen molar-refractivity contribution < 1.29 is 53.1 Å². The van der Waals surface area contributed by atoms with E-state index >= 15 is 0 Å². The molecule has 67 heavy (non-hydrogen) atoms. The lowest BCUT2D eigenvalue weighted by atomic mass is 9.98.